The van der Waals surface area contributed by atoms with Gasteiger partial charge in [-0.1, -0.05) is 0 Å². The van der Waals surface area contributed by atoms with Gasteiger partial charge in [0.25, 0.3) is 0 Å². The Hall–Kier alpha value is -1.14. The molecule has 0 aromatic carbocycles. The summed E-state index contributed by atoms with van der Waals surface area (Å²) in [7, 11) is 0. The monoisotopic (exact) mass is 228 g/mol. The van der Waals surface area contributed by atoms with Crippen LogP contribution >= 0.6 is 0 Å². The standard InChI is InChI=1S/C10H16N2O4/c13-5-11-1-7-3-15-10-8(2-12-6-14)4-16-9(7)10/h5-10H,1-4H2,(H,11,13)(H,12,14). The molecule has 0 saturated carbocycles. The van der Waals surface area contributed by atoms with Gasteiger partial charge in [-0.2, -0.15) is 0 Å². The lowest BCUT2D eigenvalue weighted by atomic mass is 9.96. The van der Waals surface area contributed by atoms with Gasteiger partial charge in [0, 0.05) is 24.9 Å². The molecule has 0 spiro atoms. The summed E-state index contributed by atoms with van der Waals surface area (Å²) in [4.78, 5) is 20.4. The highest BCUT2D eigenvalue weighted by atomic mass is 16.6. The van der Waals surface area contributed by atoms with Crippen molar-refractivity contribution in [2.24, 2.45) is 11.8 Å². The van der Waals surface area contributed by atoms with Crippen molar-refractivity contribution < 1.29 is 19.1 Å². The van der Waals surface area contributed by atoms with E-state index in [9.17, 15) is 9.59 Å². The second kappa shape index (κ2) is 5.27. The molecule has 2 aliphatic heterocycles. The zero-order chi connectivity index (χ0) is 11.4. The Bertz CT molecular complexity index is 235. The summed E-state index contributed by atoms with van der Waals surface area (Å²) in [6, 6.07) is 0. The van der Waals surface area contributed by atoms with E-state index in [0.29, 0.717) is 39.1 Å². The lowest BCUT2D eigenvalue weighted by Gasteiger charge is -2.16. The van der Waals surface area contributed by atoms with Crippen LogP contribution in [0.5, 0.6) is 0 Å². The van der Waals surface area contributed by atoms with E-state index in [0.717, 1.165) is 0 Å². The molecule has 0 radical (unpaired) electrons. The molecule has 0 bridgehead atoms. The molecule has 6 heteroatoms. The quantitative estimate of drug-likeness (QED) is 0.543. The molecule has 90 valence electrons. The van der Waals surface area contributed by atoms with Crippen LogP contribution in [0.4, 0.5) is 0 Å². The molecule has 4 atom stereocenters. The molecule has 0 aromatic heterocycles. The van der Waals surface area contributed by atoms with Crippen LogP contribution in [0, 0.1) is 11.8 Å². The highest BCUT2D eigenvalue weighted by molar-refractivity contribution is 5.46. The van der Waals surface area contributed by atoms with Crippen LogP contribution in [0.2, 0.25) is 0 Å². The first-order valence-corrected chi connectivity index (χ1v) is 5.44. The van der Waals surface area contributed by atoms with Gasteiger partial charge in [0.15, 0.2) is 0 Å². The van der Waals surface area contributed by atoms with Crippen molar-refractivity contribution >= 4 is 12.8 Å². The van der Waals surface area contributed by atoms with Crippen molar-refractivity contribution in [3.63, 3.8) is 0 Å². The fourth-order valence-electron chi connectivity index (χ4n) is 2.41. The zero-order valence-electron chi connectivity index (χ0n) is 8.93. The number of fused-ring (bicyclic) bond motifs is 1. The maximum Gasteiger partial charge on any atom is 0.207 e. The zero-order valence-corrected chi connectivity index (χ0v) is 8.93. The smallest absolute Gasteiger partial charge is 0.207 e. The number of rotatable bonds is 6. The van der Waals surface area contributed by atoms with Gasteiger partial charge in [0.2, 0.25) is 12.8 Å². The van der Waals surface area contributed by atoms with Crippen LogP contribution in [0.15, 0.2) is 0 Å². The molecule has 4 unspecified atom stereocenters. The topological polar surface area (TPSA) is 76.7 Å². The van der Waals surface area contributed by atoms with Crippen molar-refractivity contribution in [3.8, 4) is 0 Å². The molecule has 2 amide bonds. The number of hydrogen-bond donors (Lipinski definition) is 2. The lowest BCUT2D eigenvalue weighted by Crippen LogP contribution is -2.34. The second-order valence-electron chi connectivity index (χ2n) is 4.17. The van der Waals surface area contributed by atoms with E-state index in [1.807, 2.05) is 0 Å². The Morgan fingerprint density at radius 2 is 1.38 bits per heavy atom. The van der Waals surface area contributed by atoms with E-state index in [1.54, 1.807) is 0 Å². The number of carbonyl (C=O) groups is 2. The molecular formula is C10H16N2O4. The molecule has 0 aliphatic carbocycles. The summed E-state index contributed by atoms with van der Waals surface area (Å²) >= 11 is 0. The van der Waals surface area contributed by atoms with Crippen LogP contribution < -0.4 is 10.6 Å². The van der Waals surface area contributed by atoms with E-state index in [1.165, 1.54) is 0 Å². The normalized spacial score (nSPS) is 36.8. The maximum absolute atomic E-state index is 10.2. The van der Waals surface area contributed by atoms with Gasteiger partial charge in [-0.25, -0.2) is 0 Å². The number of amides is 2. The molecule has 2 N–H and O–H groups in total. The minimum atomic E-state index is 0.0471. The molecule has 2 rings (SSSR count). The van der Waals surface area contributed by atoms with Crippen molar-refractivity contribution in [2.45, 2.75) is 12.2 Å². The fraction of sp³-hybridized carbons (Fsp3) is 0.800. The number of carbonyl (C=O) groups excluding carboxylic acids is 2. The van der Waals surface area contributed by atoms with E-state index < -0.39 is 0 Å². The molecule has 6 nitrogen and oxygen atoms in total. The Labute approximate surface area is 93.7 Å². The molecule has 2 heterocycles. The predicted molar refractivity (Wildman–Crippen MR) is 54.6 cm³/mol. The van der Waals surface area contributed by atoms with Gasteiger partial charge in [-0.05, 0) is 0 Å². The Morgan fingerprint density at radius 3 is 1.75 bits per heavy atom. The lowest BCUT2D eigenvalue weighted by molar-refractivity contribution is -0.110. The summed E-state index contributed by atoms with van der Waals surface area (Å²) in [6.07, 6.45) is 1.47. The Morgan fingerprint density at radius 1 is 0.938 bits per heavy atom. The summed E-state index contributed by atoms with van der Waals surface area (Å²) in [5.74, 6) is 0.438. The minimum absolute atomic E-state index is 0.0471. The molecule has 2 fully saturated rings. The third-order valence-electron chi connectivity index (χ3n) is 3.19. The highest BCUT2D eigenvalue weighted by Gasteiger charge is 2.46. The van der Waals surface area contributed by atoms with E-state index in [2.05, 4.69) is 10.6 Å². The van der Waals surface area contributed by atoms with Crippen LogP contribution in [0.25, 0.3) is 0 Å². The SMILES string of the molecule is O=CNCC1COC2C(CNC=O)COC12. The van der Waals surface area contributed by atoms with E-state index >= 15 is 0 Å². The maximum atomic E-state index is 10.2. The van der Waals surface area contributed by atoms with Gasteiger partial charge in [-0.15, -0.1) is 0 Å². The third-order valence-corrected chi connectivity index (χ3v) is 3.19. The molecule has 16 heavy (non-hydrogen) atoms. The van der Waals surface area contributed by atoms with Gasteiger partial charge in [0.05, 0.1) is 25.4 Å². The molecule has 0 aromatic rings. The Kier molecular flexibility index (Phi) is 3.74. The average Bonchev–Trinajstić information content (AvgIpc) is 2.86. The summed E-state index contributed by atoms with van der Waals surface area (Å²) < 4.78 is 11.3. The highest BCUT2D eigenvalue weighted by Crippen LogP contribution is 2.33. The predicted octanol–water partition coefficient (Wildman–Crippen LogP) is -1.49. The van der Waals surface area contributed by atoms with E-state index in [-0.39, 0.29) is 24.0 Å². The van der Waals surface area contributed by atoms with Crippen molar-refractivity contribution in [2.75, 3.05) is 26.3 Å². The molecule has 2 saturated heterocycles. The summed E-state index contributed by atoms with van der Waals surface area (Å²) in [5, 5.41) is 5.30. The number of ether oxygens (including phenoxy) is 2. The Balaban J connectivity index is 1.85. The second-order valence-corrected chi connectivity index (χ2v) is 4.17. The largest absolute Gasteiger partial charge is 0.375 e. The van der Waals surface area contributed by atoms with Crippen molar-refractivity contribution in [1.82, 2.24) is 10.6 Å². The number of hydrogen-bond acceptors (Lipinski definition) is 4. The van der Waals surface area contributed by atoms with Gasteiger partial charge in [-0.3, -0.25) is 9.59 Å². The van der Waals surface area contributed by atoms with Gasteiger partial charge < -0.3 is 20.1 Å². The van der Waals surface area contributed by atoms with Crippen molar-refractivity contribution in [3.05, 3.63) is 0 Å². The first kappa shape index (κ1) is 11.3. The van der Waals surface area contributed by atoms with E-state index in [4.69, 9.17) is 9.47 Å². The summed E-state index contributed by atoms with van der Waals surface area (Å²) in [6.45, 7) is 2.37. The van der Waals surface area contributed by atoms with Crippen molar-refractivity contribution in [1.29, 1.82) is 0 Å². The van der Waals surface area contributed by atoms with Crippen LogP contribution in [0.3, 0.4) is 0 Å². The fourth-order valence-corrected chi connectivity index (χ4v) is 2.41. The van der Waals surface area contributed by atoms with Crippen LogP contribution in [-0.4, -0.2) is 51.3 Å². The van der Waals surface area contributed by atoms with Crippen LogP contribution in [-0.2, 0) is 19.1 Å². The summed E-state index contributed by atoms with van der Waals surface area (Å²) in [5.41, 5.74) is 0. The van der Waals surface area contributed by atoms with Gasteiger partial charge in [0.1, 0.15) is 0 Å². The average molecular weight is 228 g/mol. The molecule has 2 aliphatic rings. The number of nitrogens with one attached hydrogen (secondary N) is 2. The van der Waals surface area contributed by atoms with Gasteiger partial charge >= 0.3 is 0 Å². The molecular weight excluding hydrogens is 212 g/mol. The first-order valence-electron chi connectivity index (χ1n) is 5.44. The minimum Gasteiger partial charge on any atom is -0.375 e. The third kappa shape index (κ3) is 2.17. The first-order chi connectivity index (χ1) is 7.86. The van der Waals surface area contributed by atoms with Crippen LogP contribution in [0.1, 0.15) is 0 Å².